The minimum absolute atomic E-state index is 0.0453. The fourth-order valence-corrected chi connectivity index (χ4v) is 5.63. The molecule has 0 unspecified atom stereocenters. The minimum Gasteiger partial charge on any atom is -0.336 e. The Bertz CT molecular complexity index is 1530. The molecule has 37 heavy (non-hydrogen) atoms. The van der Waals surface area contributed by atoms with Crippen molar-refractivity contribution in [1.82, 2.24) is 14.9 Å². The zero-order valence-electron chi connectivity index (χ0n) is 20.5. The predicted octanol–water partition coefficient (Wildman–Crippen LogP) is 5.69. The predicted molar refractivity (Wildman–Crippen MR) is 146 cm³/mol. The van der Waals surface area contributed by atoms with E-state index >= 15 is 0 Å². The van der Waals surface area contributed by atoms with E-state index < -0.39 is 0 Å². The highest BCUT2D eigenvalue weighted by molar-refractivity contribution is 6.30. The highest BCUT2D eigenvalue weighted by atomic mass is 35.5. The maximum absolute atomic E-state index is 13.4. The van der Waals surface area contributed by atoms with E-state index in [1.165, 1.54) is 5.56 Å². The van der Waals surface area contributed by atoms with E-state index in [9.17, 15) is 9.59 Å². The van der Waals surface area contributed by atoms with E-state index in [0.29, 0.717) is 36.5 Å². The fraction of sp³-hybridized carbons (Fsp3) is 0.258. The third kappa shape index (κ3) is 4.72. The van der Waals surface area contributed by atoms with Gasteiger partial charge in [0.15, 0.2) is 0 Å². The van der Waals surface area contributed by atoms with E-state index in [2.05, 4.69) is 17.1 Å². The maximum atomic E-state index is 13.4. The lowest BCUT2D eigenvalue weighted by Gasteiger charge is -2.22. The van der Waals surface area contributed by atoms with Gasteiger partial charge in [-0.2, -0.15) is 0 Å². The van der Waals surface area contributed by atoms with Crippen molar-refractivity contribution >= 4 is 17.5 Å². The third-order valence-corrected chi connectivity index (χ3v) is 7.85. The third-order valence-electron chi connectivity index (χ3n) is 7.62. The van der Waals surface area contributed by atoms with Crippen molar-refractivity contribution in [2.24, 2.45) is 0 Å². The van der Waals surface area contributed by atoms with Gasteiger partial charge in [0.25, 0.3) is 5.56 Å². The van der Waals surface area contributed by atoms with Gasteiger partial charge in [0.05, 0.1) is 24.1 Å². The van der Waals surface area contributed by atoms with Crippen molar-refractivity contribution in [1.29, 1.82) is 0 Å². The van der Waals surface area contributed by atoms with Gasteiger partial charge >= 0.3 is 0 Å². The molecule has 5 nitrogen and oxygen atoms in total. The van der Waals surface area contributed by atoms with Crippen LogP contribution in [-0.4, -0.2) is 27.3 Å². The molecule has 4 aromatic rings. The van der Waals surface area contributed by atoms with Crippen molar-refractivity contribution in [3.05, 3.63) is 122 Å². The number of carbonyl (C=O) groups is 1. The molecule has 0 saturated heterocycles. The summed E-state index contributed by atoms with van der Waals surface area (Å²) in [6.07, 6.45) is 3.60. The van der Waals surface area contributed by atoms with Gasteiger partial charge in [-0.3, -0.25) is 9.59 Å². The fourth-order valence-electron chi connectivity index (χ4n) is 5.44. The summed E-state index contributed by atoms with van der Waals surface area (Å²) in [6, 6.07) is 26.0. The van der Waals surface area contributed by atoms with Crippen molar-refractivity contribution in [3.63, 3.8) is 0 Å². The topological polar surface area (TPSA) is 66.1 Å². The molecule has 1 N–H and O–H groups in total. The summed E-state index contributed by atoms with van der Waals surface area (Å²) in [5.74, 6) is 0.773. The summed E-state index contributed by atoms with van der Waals surface area (Å²) >= 11 is 6.17. The van der Waals surface area contributed by atoms with E-state index in [-0.39, 0.29) is 16.9 Å². The number of halogens is 1. The molecule has 1 aliphatic heterocycles. The van der Waals surface area contributed by atoms with Crippen LogP contribution in [0.4, 0.5) is 0 Å². The molecule has 2 heterocycles. The highest BCUT2D eigenvalue weighted by Gasteiger charge is 2.48. The van der Waals surface area contributed by atoms with Crippen LogP contribution in [0.3, 0.4) is 0 Å². The number of amides is 1. The number of rotatable bonds is 5. The van der Waals surface area contributed by atoms with Crippen LogP contribution in [0.5, 0.6) is 0 Å². The number of aromatic nitrogens is 2. The van der Waals surface area contributed by atoms with E-state index in [1.807, 2.05) is 71.6 Å². The van der Waals surface area contributed by atoms with Crippen molar-refractivity contribution in [3.8, 4) is 11.1 Å². The van der Waals surface area contributed by atoms with Crippen LogP contribution in [0, 0.1) is 0 Å². The summed E-state index contributed by atoms with van der Waals surface area (Å²) in [5, 5.41) is 0.685. The molecule has 1 saturated carbocycles. The summed E-state index contributed by atoms with van der Waals surface area (Å²) in [5.41, 5.74) is 5.34. The molecular formula is C31H28ClN3O2. The Labute approximate surface area is 221 Å². The highest BCUT2D eigenvalue weighted by Crippen LogP contribution is 2.51. The molecule has 6 rings (SSSR count). The number of H-pyrrole nitrogens is 1. The Hall–Kier alpha value is -3.70. The van der Waals surface area contributed by atoms with Gasteiger partial charge in [0, 0.05) is 17.1 Å². The summed E-state index contributed by atoms with van der Waals surface area (Å²) in [7, 11) is 0. The molecule has 1 amide bonds. The number of carbonyl (C=O) groups excluding carboxylic acids is 1. The first kappa shape index (κ1) is 23.7. The second-order valence-corrected chi connectivity index (χ2v) is 10.5. The second kappa shape index (κ2) is 9.64. The molecule has 6 heteroatoms. The summed E-state index contributed by atoms with van der Waals surface area (Å²) in [6.45, 7) is 0.978. The standard InChI is InChI=1S/C31H28ClN3O2/c32-25-12-5-9-23(19-25)22-8-4-7-21(17-22)18-28(36)35-16-6-13-26-27(20-35)33-30(34-29(26)37)31(14-15-31)24-10-2-1-3-11-24/h1-5,7-12,17,19H,6,13-16,18,20H2,(H,33,34,37). The lowest BCUT2D eigenvalue weighted by atomic mass is 9.94. The molecule has 1 aromatic heterocycles. The normalized spacial score (nSPS) is 16.1. The smallest absolute Gasteiger partial charge is 0.254 e. The largest absolute Gasteiger partial charge is 0.336 e. The molecule has 2 aliphatic rings. The molecule has 0 spiro atoms. The zero-order chi connectivity index (χ0) is 25.4. The summed E-state index contributed by atoms with van der Waals surface area (Å²) in [4.78, 5) is 36.5. The van der Waals surface area contributed by atoms with Gasteiger partial charge < -0.3 is 9.88 Å². The number of hydrogen-bond donors (Lipinski definition) is 1. The number of hydrogen-bond acceptors (Lipinski definition) is 3. The monoisotopic (exact) mass is 509 g/mol. The first-order valence-corrected chi connectivity index (χ1v) is 13.2. The first-order valence-electron chi connectivity index (χ1n) is 12.8. The Morgan fingerprint density at radius 1 is 0.973 bits per heavy atom. The molecule has 0 bridgehead atoms. The minimum atomic E-state index is -0.225. The lowest BCUT2D eigenvalue weighted by molar-refractivity contribution is -0.131. The molecule has 0 atom stereocenters. The number of nitrogens with zero attached hydrogens (tertiary/aromatic N) is 2. The Morgan fingerprint density at radius 3 is 2.49 bits per heavy atom. The van der Waals surface area contributed by atoms with Gasteiger partial charge in [-0.15, -0.1) is 0 Å². The van der Waals surface area contributed by atoms with Crippen LogP contribution >= 0.6 is 11.6 Å². The number of benzene rings is 3. The average Bonchev–Trinajstić information content (AvgIpc) is 3.74. The molecule has 0 radical (unpaired) electrons. The number of fused-ring (bicyclic) bond motifs is 1. The van der Waals surface area contributed by atoms with Crippen LogP contribution in [-0.2, 0) is 29.6 Å². The van der Waals surface area contributed by atoms with Crippen molar-refractivity contribution < 1.29 is 4.79 Å². The van der Waals surface area contributed by atoms with Crippen LogP contribution < -0.4 is 5.56 Å². The van der Waals surface area contributed by atoms with Crippen molar-refractivity contribution in [2.45, 2.75) is 44.1 Å². The van der Waals surface area contributed by atoms with E-state index in [1.54, 1.807) is 0 Å². The van der Waals surface area contributed by atoms with Gasteiger partial charge in [-0.05, 0) is 60.1 Å². The van der Waals surface area contributed by atoms with Crippen LogP contribution in [0.25, 0.3) is 11.1 Å². The summed E-state index contributed by atoms with van der Waals surface area (Å²) < 4.78 is 0. The van der Waals surface area contributed by atoms with Crippen LogP contribution in [0.1, 0.15) is 47.5 Å². The maximum Gasteiger partial charge on any atom is 0.254 e. The van der Waals surface area contributed by atoms with Crippen LogP contribution in [0.2, 0.25) is 5.02 Å². The number of nitrogens with one attached hydrogen (secondary N) is 1. The average molecular weight is 510 g/mol. The SMILES string of the molecule is O=C(Cc1cccc(-c2cccc(Cl)c2)c1)N1CCCc2c(nc(C3(c4ccccc4)CC3)[nH]c2=O)C1. The van der Waals surface area contributed by atoms with E-state index in [4.69, 9.17) is 16.6 Å². The van der Waals surface area contributed by atoms with Crippen LogP contribution in [0.15, 0.2) is 83.7 Å². The lowest BCUT2D eigenvalue weighted by Crippen LogP contribution is -2.33. The second-order valence-electron chi connectivity index (χ2n) is 10.1. The molecule has 1 aliphatic carbocycles. The molecule has 186 valence electrons. The van der Waals surface area contributed by atoms with Gasteiger partial charge in [-0.25, -0.2) is 4.98 Å². The Kier molecular flexibility index (Phi) is 6.17. The van der Waals surface area contributed by atoms with Gasteiger partial charge in [0.2, 0.25) is 5.91 Å². The zero-order valence-corrected chi connectivity index (χ0v) is 21.3. The Balaban J connectivity index is 1.25. The van der Waals surface area contributed by atoms with Crippen molar-refractivity contribution in [2.75, 3.05) is 6.54 Å². The quantitative estimate of drug-likeness (QED) is 0.376. The molecule has 3 aromatic carbocycles. The molecule has 1 fully saturated rings. The molecular weight excluding hydrogens is 482 g/mol. The number of aromatic amines is 1. The first-order chi connectivity index (χ1) is 18.0. The van der Waals surface area contributed by atoms with Gasteiger partial charge in [-0.1, -0.05) is 78.3 Å². The van der Waals surface area contributed by atoms with Gasteiger partial charge in [0.1, 0.15) is 5.82 Å². The van der Waals surface area contributed by atoms with E-state index in [0.717, 1.165) is 47.5 Å². The Morgan fingerprint density at radius 2 is 1.73 bits per heavy atom.